The summed E-state index contributed by atoms with van der Waals surface area (Å²) < 4.78 is 5.04. The maximum Gasteiger partial charge on any atom is 0.330 e. The molecule has 0 saturated carbocycles. The molecule has 0 aliphatic rings. The monoisotopic (exact) mass is 202 g/mol. The number of carbonyl (C=O) groups excluding carboxylic acids is 1. The molecule has 0 aliphatic heterocycles. The van der Waals surface area contributed by atoms with E-state index in [2.05, 4.69) is 6.58 Å². The lowest BCUT2D eigenvalue weighted by atomic mass is 10.1. The molecule has 0 fully saturated rings. The van der Waals surface area contributed by atoms with E-state index in [9.17, 15) is 4.79 Å². The summed E-state index contributed by atoms with van der Waals surface area (Å²) in [6, 6.07) is 7.69. The molecule has 1 rings (SSSR count). The van der Waals surface area contributed by atoms with Crippen LogP contribution in [0.1, 0.15) is 18.1 Å². The molecule has 2 heteroatoms. The fourth-order valence-electron chi connectivity index (χ4n) is 1.20. The highest BCUT2D eigenvalue weighted by molar-refractivity contribution is 5.81. The lowest BCUT2D eigenvalue weighted by Crippen LogP contribution is -2.01. The van der Waals surface area contributed by atoms with Crippen molar-refractivity contribution < 1.29 is 9.53 Å². The second-order valence-corrected chi connectivity index (χ2v) is 3.01. The molecule has 15 heavy (non-hydrogen) atoms. The van der Waals surface area contributed by atoms with Crippen molar-refractivity contribution in [3.05, 3.63) is 54.1 Å². The first-order chi connectivity index (χ1) is 7.27. The molecule has 0 saturated heterocycles. The van der Waals surface area contributed by atoms with E-state index in [4.69, 9.17) is 4.74 Å². The molecule has 0 spiro atoms. The molecule has 0 bridgehead atoms. The van der Waals surface area contributed by atoms with Gasteiger partial charge >= 0.3 is 5.97 Å². The second kappa shape index (κ2) is 5.81. The maximum absolute atomic E-state index is 11.1. The number of benzene rings is 1. The van der Waals surface area contributed by atoms with E-state index in [-0.39, 0.29) is 12.6 Å². The largest absolute Gasteiger partial charge is 0.458 e. The maximum atomic E-state index is 11.1. The van der Waals surface area contributed by atoms with Crippen molar-refractivity contribution in [2.24, 2.45) is 0 Å². The van der Waals surface area contributed by atoms with Crippen LogP contribution in [-0.4, -0.2) is 5.97 Å². The quantitative estimate of drug-likeness (QED) is 0.554. The second-order valence-electron chi connectivity index (χ2n) is 3.01. The first-order valence-electron chi connectivity index (χ1n) is 4.77. The topological polar surface area (TPSA) is 26.3 Å². The van der Waals surface area contributed by atoms with Crippen LogP contribution >= 0.6 is 0 Å². The van der Waals surface area contributed by atoms with E-state index in [1.807, 2.05) is 24.3 Å². The predicted molar refractivity (Wildman–Crippen MR) is 61.1 cm³/mol. The smallest absolute Gasteiger partial charge is 0.330 e. The lowest BCUT2D eigenvalue weighted by molar-refractivity contribution is -0.139. The Morgan fingerprint density at radius 2 is 2.20 bits per heavy atom. The van der Waals surface area contributed by atoms with E-state index in [0.29, 0.717) is 0 Å². The zero-order valence-corrected chi connectivity index (χ0v) is 8.77. The minimum Gasteiger partial charge on any atom is -0.458 e. The highest BCUT2D eigenvalue weighted by Crippen LogP contribution is 2.11. The lowest BCUT2D eigenvalue weighted by Gasteiger charge is -2.05. The van der Waals surface area contributed by atoms with Gasteiger partial charge in [0.05, 0.1) is 0 Å². The third kappa shape index (κ3) is 3.43. The van der Waals surface area contributed by atoms with Gasteiger partial charge in [-0.3, -0.25) is 0 Å². The van der Waals surface area contributed by atoms with Crippen LogP contribution in [0.4, 0.5) is 0 Å². The van der Waals surface area contributed by atoms with Gasteiger partial charge in [-0.25, -0.2) is 4.79 Å². The van der Waals surface area contributed by atoms with Gasteiger partial charge in [-0.1, -0.05) is 43.0 Å². The molecule has 78 valence electrons. The van der Waals surface area contributed by atoms with E-state index in [1.54, 1.807) is 19.1 Å². The SMILES string of the molecule is C=Cc1ccccc1COC(=O)/C=C/C. The Kier molecular flexibility index (Phi) is 4.35. The van der Waals surface area contributed by atoms with Gasteiger partial charge in [-0.05, 0) is 18.1 Å². The fraction of sp³-hybridized carbons (Fsp3) is 0.154. The Hall–Kier alpha value is -1.83. The summed E-state index contributed by atoms with van der Waals surface area (Å²) in [4.78, 5) is 11.1. The molecular weight excluding hydrogens is 188 g/mol. The molecule has 1 aromatic rings. The number of hydrogen-bond acceptors (Lipinski definition) is 2. The zero-order chi connectivity index (χ0) is 11.1. The van der Waals surface area contributed by atoms with Crippen LogP contribution < -0.4 is 0 Å². The summed E-state index contributed by atoms with van der Waals surface area (Å²) in [6.07, 6.45) is 4.80. The van der Waals surface area contributed by atoms with E-state index in [1.165, 1.54) is 6.08 Å². The van der Waals surface area contributed by atoms with Crippen molar-refractivity contribution in [1.82, 2.24) is 0 Å². The molecule has 0 atom stereocenters. The molecule has 0 aromatic heterocycles. The number of allylic oxidation sites excluding steroid dienone is 1. The molecule has 2 nitrogen and oxygen atoms in total. The number of esters is 1. The Labute approximate surface area is 89.9 Å². The Bertz CT molecular complexity index is 378. The molecular formula is C13H14O2. The molecule has 0 unspecified atom stereocenters. The molecule has 0 radical (unpaired) electrons. The summed E-state index contributed by atoms with van der Waals surface area (Å²) in [5.41, 5.74) is 1.95. The number of ether oxygens (including phenoxy) is 1. The molecule has 1 aromatic carbocycles. The van der Waals surface area contributed by atoms with Gasteiger partial charge in [0.1, 0.15) is 6.61 Å². The molecule has 0 aliphatic carbocycles. The van der Waals surface area contributed by atoms with Gasteiger partial charge in [0.2, 0.25) is 0 Å². The molecule has 0 N–H and O–H groups in total. The molecule has 0 heterocycles. The highest BCUT2D eigenvalue weighted by Gasteiger charge is 2.01. The number of carbonyl (C=O) groups is 1. The minimum absolute atomic E-state index is 0.283. The van der Waals surface area contributed by atoms with E-state index < -0.39 is 0 Å². The van der Waals surface area contributed by atoms with E-state index >= 15 is 0 Å². The summed E-state index contributed by atoms with van der Waals surface area (Å²) in [6.45, 7) is 5.76. The first-order valence-corrected chi connectivity index (χ1v) is 4.77. The number of rotatable bonds is 4. The van der Waals surface area contributed by atoms with Crippen molar-refractivity contribution in [2.45, 2.75) is 13.5 Å². The molecule has 0 amide bonds. The summed E-state index contributed by atoms with van der Waals surface area (Å²) in [5.74, 6) is -0.323. The van der Waals surface area contributed by atoms with Gasteiger partial charge in [-0.2, -0.15) is 0 Å². The summed E-state index contributed by atoms with van der Waals surface area (Å²) in [7, 11) is 0. The zero-order valence-electron chi connectivity index (χ0n) is 8.77. The van der Waals surface area contributed by atoms with Gasteiger partial charge < -0.3 is 4.74 Å². The van der Waals surface area contributed by atoms with Crippen LogP contribution in [0.2, 0.25) is 0 Å². The first kappa shape index (κ1) is 11.2. The van der Waals surface area contributed by atoms with Crippen molar-refractivity contribution in [3.8, 4) is 0 Å². The summed E-state index contributed by atoms with van der Waals surface area (Å²) in [5, 5.41) is 0. The Morgan fingerprint density at radius 1 is 1.47 bits per heavy atom. The van der Waals surface area contributed by atoms with Crippen molar-refractivity contribution in [1.29, 1.82) is 0 Å². The van der Waals surface area contributed by atoms with Crippen molar-refractivity contribution >= 4 is 12.0 Å². The van der Waals surface area contributed by atoms with Crippen LogP contribution in [-0.2, 0) is 16.1 Å². The van der Waals surface area contributed by atoms with Crippen LogP contribution in [0.15, 0.2) is 43.0 Å². The highest BCUT2D eigenvalue weighted by atomic mass is 16.5. The Balaban J connectivity index is 2.64. The van der Waals surface area contributed by atoms with Crippen molar-refractivity contribution in [3.63, 3.8) is 0 Å². The van der Waals surface area contributed by atoms with Gasteiger partial charge in [0.25, 0.3) is 0 Å². The summed E-state index contributed by atoms with van der Waals surface area (Å²) >= 11 is 0. The third-order valence-corrected chi connectivity index (χ3v) is 1.95. The number of hydrogen-bond donors (Lipinski definition) is 0. The van der Waals surface area contributed by atoms with Crippen LogP contribution in [0, 0.1) is 0 Å². The van der Waals surface area contributed by atoms with Gasteiger partial charge in [-0.15, -0.1) is 0 Å². The average molecular weight is 202 g/mol. The van der Waals surface area contributed by atoms with Gasteiger partial charge in [0.15, 0.2) is 0 Å². The van der Waals surface area contributed by atoms with Crippen LogP contribution in [0.25, 0.3) is 6.08 Å². The predicted octanol–water partition coefficient (Wildman–Crippen LogP) is 2.95. The Morgan fingerprint density at radius 3 is 2.87 bits per heavy atom. The van der Waals surface area contributed by atoms with E-state index in [0.717, 1.165) is 11.1 Å². The van der Waals surface area contributed by atoms with Crippen LogP contribution in [0.3, 0.4) is 0 Å². The van der Waals surface area contributed by atoms with Crippen molar-refractivity contribution in [2.75, 3.05) is 0 Å². The normalized spacial score (nSPS) is 10.2. The standard InChI is InChI=1S/C13H14O2/c1-3-7-13(14)15-10-12-9-6-5-8-11(12)4-2/h3-9H,2,10H2,1H3/b7-3+. The van der Waals surface area contributed by atoms with Gasteiger partial charge in [0, 0.05) is 6.08 Å². The third-order valence-electron chi connectivity index (χ3n) is 1.95. The fourth-order valence-corrected chi connectivity index (χ4v) is 1.20. The van der Waals surface area contributed by atoms with Crippen LogP contribution in [0.5, 0.6) is 0 Å². The minimum atomic E-state index is -0.323. The average Bonchev–Trinajstić information content (AvgIpc) is 2.27.